The van der Waals surface area contributed by atoms with Crippen molar-refractivity contribution in [1.82, 2.24) is 19.4 Å². The summed E-state index contributed by atoms with van der Waals surface area (Å²) >= 11 is 6.30. The molecular formula is C19H24ClN5O. The van der Waals surface area contributed by atoms with Crippen LogP contribution in [0.4, 0.5) is 5.69 Å². The van der Waals surface area contributed by atoms with Gasteiger partial charge in [-0.1, -0.05) is 30.7 Å². The van der Waals surface area contributed by atoms with Crippen molar-refractivity contribution in [2.45, 2.75) is 20.0 Å². The second kappa shape index (κ2) is 7.29. The van der Waals surface area contributed by atoms with Crippen molar-refractivity contribution in [2.24, 2.45) is 0 Å². The Morgan fingerprint density at radius 2 is 1.88 bits per heavy atom. The van der Waals surface area contributed by atoms with Gasteiger partial charge in [0.2, 0.25) is 0 Å². The maximum Gasteiger partial charge on any atom is 0.274 e. The van der Waals surface area contributed by atoms with E-state index in [0.717, 1.165) is 55.8 Å². The van der Waals surface area contributed by atoms with Gasteiger partial charge in [0.05, 0.1) is 17.3 Å². The summed E-state index contributed by atoms with van der Waals surface area (Å²) in [4.78, 5) is 24.0. The molecule has 2 aromatic rings. The molecule has 4 rings (SSSR count). The summed E-state index contributed by atoms with van der Waals surface area (Å²) in [6, 6.07) is 7.87. The van der Waals surface area contributed by atoms with E-state index in [-0.39, 0.29) is 5.91 Å². The fraction of sp³-hybridized carbons (Fsp3) is 0.474. The molecule has 26 heavy (non-hydrogen) atoms. The molecule has 6 nitrogen and oxygen atoms in total. The van der Waals surface area contributed by atoms with Crippen LogP contribution < -0.4 is 4.90 Å². The zero-order valence-electron chi connectivity index (χ0n) is 15.1. The van der Waals surface area contributed by atoms with E-state index in [1.54, 1.807) is 0 Å². The van der Waals surface area contributed by atoms with Crippen molar-refractivity contribution in [1.29, 1.82) is 0 Å². The highest BCUT2D eigenvalue weighted by atomic mass is 35.5. The first-order valence-electron chi connectivity index (χ1n) is 9.23. The minimum Gasteiger partial charge on any atom is -0.367 e. The van der Waals surface area contributed by atoms with E-state index in [4.69, 9.17) is 11.6 Å². The summed E-state index contributed by atoms with van der Waals surface area (Å²) in [5, 5.41) is 0.759. The summed E-state index contributed by atoms with van der Waals surface area (Å²) in [7, 11) is 0. The molecule has 1 aromatic heterocycles. The van der Waals surface area contributed by atoms with E-state index < -0.39 is 0 Å². The SMILES string of the molecule is CCN1CCn2cc(C(=O)N3CCN(c4ccccc4Cl)CC3)nc2C1. The molecule has 1 saturated heterocycles. The molecule has 0 saturated carbocycles. The number of fused-ring (bicyclic) bond motifs is 1. The van der Waals surface area contributed by atoms with Gasteiger partial charge in [-0.25, -0.2) is 4.98 Å². The fourth-order valence-electron chi connectivity index (χ4n) is 3.70. The monoisotopic (exact) mass is 373 g/mol. The minimum absolute atomic E-state index is 0.0359. The van der Waals surface area contributed by atoms with Crippen LogP contribution in [0, 0.1) is 0 Å². The topological polar surface area (TPSA) is 44.6 Å². The molecule has 1 aromatic carbocycles. The van der Waals surface area contributed by atoms with E-state index in [2.05, 4.69) is 26.3 Å². The average molecular weight is 374 g/mol. The lowest BCUT2D eigenvalue weighted by molar-refractivity contribution is 0.0741. The Kier molecular flexibility index (Phi) is 4.87. The zero-order chi connectivity index (χ0) is 18.1. The molecule has 0 atom stereocenters. The van der Waals surface area contributed by atoms with Crippen LogP contribution in [0.25, 0.3) is 0 Å². The van der Waals surface area contributed by atoms with Gasteiger partial charge in [-0.2, -0.15) is 0 Å². The van der Waals surface area contributed by atoms with Crippen LogP contribution in [0.15, 0.2) is 30.5 Å². The van der Waals surface area contributed by atoms with Crippen LogP contribution in [0.2, 0.25) is 5.02 Å². The number of anilines is 1. The number of carbonyl (C=O) groups excluding carboxylic acids is 1. The molecule has 3 heterocycles. The number of carbonyl (C=O) groups is 1. The highest BCUT2D eigenvalue weighted by Gasteiger charge is 2.26. The van der Waals surface area contributed by atoms with Gasteiger partial charge in [0.15, 0.2) is 0 Å². The molecular weight excluding hydrogens is 350 g/mol. The van der Waals surface area contributed by atoms with Gasteiger partial charge < -0.3 is 14.4 Å². The zero-order valence-corrected chi connectivity index (χ0v) is 15.8. The number of nitrogens with zero attached hydrogens (tertiary/aromatic N) is 5. The summed E-state index contributed by atoms with van der Waals surface area (Å²) in [6.07, 6.45) is 1.92. The lowest BCUT2D eigenvalue weighted by Crippen LogP contribution is -2.49. The van der Waals surface area contributed by atoms with Gasteiger partial charge >= 0.3 is 0 Å². The molecule has 0 spiro atoms. The van der Waals surface area contributed by atoms with Gasteiger partial charge in [0.1, 0.15) is 11.5 Å². The molecule has 2 aliphatic heterocycles. The minimum atomic E-state index is 0.0359. The largest absolute Gasteiger partial charge is 0.367 e. The number of hydrogen-bond acceptors (Lipinski definition) is 4. The van der Waals surface area contributed by atoms with Crippen LogP contribution in [-0.4, -0.2) is 64.5 Å². The number of amides is 1. The number of likely N-dealkylation sites (N-methyl/N-ethyl adjacent to an activating group) is 1. The summed E-state index contributed by atoms with van der Waals surface area (Å²) in [5.74, 6) is 1.03. The number of para-hydroxylation sites is 1. The molecule has 0 unspecified atom stereocenters. The molecule has 0 aliphatic carbocycles. The van der Waals surface area contributed by atoms with Gasteiger partial charge in [-0.3, -0.25) is 9.69 Å². The lowest BCUT2D eigenvalue weighted by atomic mass is 10.2. The maximum absolute atomic E-state index is 12.9. The van der Waals surface area contributed by atoms with Crippen molar-refractivity contribution >= 4 is 23.2 Å². The van der Waals surface area contributed by atoms with E-state index in [0.29, 0.717) is 18.8 Å². The summed E-state index contributed by atoms with van der Waals surface area (Å²) in [5.41, 5.74) is 1.61. The van der Waals surface area contributed by atoms with Gasteiger partial charge in [0.25, 0.3) is 5.91 Å². The van der Waals surface area contributed by atoms with Crippen molar-refractivity contribution in [3.05, 3.63) is 47.0 Å². The Morgan fingerprint density at radius 3 is 2.62 bits per heavy atom. The van der Waals surface area contributed by atoms with Gasteiger partial charge in [-0.15, -0.1) is 0 Å². The van der Waals surface area contributed by atoms with Crippen molar-refractivity contribution < 1.29 is 4.79 Å². The molecule has 2 aliphatic rings. The van der Waals surface area contributed by atoms with E-state index in [9.17, 15) is 4.79 Å². The molecule has 138 valence electrons. The predicted octanol–water partition coefficient (Wildman–Crippen LogP) is 2.33. The Balaban J connectivity index is 1.41. The van der Waals surface area contributed by atoms with E-state index in [1.165, 1.54) is 0 Å². The molecule has 1 amide bonds. The highest BCUT2D eigenvalue weighted by molar-refractivity contribution is 6.33. The van der Waals surface area contributed by atoms with Gasteiger partial charge in [-0.05, 0) is 18.7 Å². The van der Waals surface area contributed by atoms with Crippen molar-refractivity contribution in [3.8, 4) is 0 Å². The smallest absolute Gasteiger partial charge is 0.274 e. The molecule has 0 radical (unpaired) electrons. The lowest BCUT2D eigenvalue weighted by Gasteiger charge is -2.36. The van der Waals surface area contributed by atoms with Crippen LogP contribution >= 0.6 is 11.6 Å². The summed E-state index contributed by atoms with van der Waals surface area (Å²) < 4.78 is 2.12. The number of hydrogen-bond donors (Lipinski definition) is 0. The van der Waals surface area contributed by atoms with Crippen LogP contribution in [0.3, 0.4) is 0 Å². The number of piperazine rings is 1. The van der Waals surface area contributed by atoms with Crippen molar-refractivity contribution in [3.63, 3.8) is 0 Å². The van der Waals surface area contributed by atoms with Crippen molar-refractivity contribution in [2.75, 3.05) is 44.2 Å². The van der Waals surface area contributed by atoms with Crippen LogP contribution in [0.1, 0.15) is 23.2 Å². The highest BCUT2D eigenvalue weighted by Crippen LogP contribution is 2.26. The van der Waals surface area contributed by atoms with Crippen LogP contribution in [0.5, 0.6) is 0 Å². The maximum atomic E-state index is 12.9. The Morgan fingerprint density at radius 1 is 1.12 bits per heavy atom. The third-order valence-electron chi connectivity index (χ3n) is 5.31. The average Bonchev–Trinajstić information content (AvgIpc) is 3.11. The Labute approximate surface area is 159 Å². The standard InChI is InChI=1S/C19H24ClN5O/c1-2-22-7-8-25-13-16(21-18(25)14-22)19(26)24-11-9-23(10-12-24)17-6-4-3-5-15(17)20/h3-6,13H,2,7-12,14H2,1H3. The number of benzene rings is 1. The molecule has 0 bridgehead atoms. The number of imidazole rings is 1. The predicted molar refractivity (Wildman–Crippen MR) is 103 cm³/mol. The van der Waals surface area contributed by atoms with E-state index in [1.807, 2.05) is 35.4 Å². The van der Waals surface area contributed by atoms with E-state index >= 15 is 0 Å². The van der Waals surface area contributed by atoms with Crippen LogP contribution in [-0.2, 0) is 13.1 Å². The Bertz CT molecular complexity index is 797. The molecule has 0 N–H and O–H groups in total. The third kappa shape index (κ3) is 3.31. The first-order valence-corrected chi connectivity index (χ1v) is 9.60. The fourth-order valence-corrected chi connectivity index (χ4v) is 3.95. The van der Waals surface area contributed by atoms with Gasteiger partial charge in [0, 0.05) is 45.5 Å². The summed E-state index contributed by atoms with van der Waals surface area (Å²) in [6.45, 7) is 8.86. The first kappa shape index (κ1) is 17.4. The quantitative estimate of drug-likeness (QED) is 0.828. The normalized spacial score (nSPS) is 18.1. The molecule has 1 fully saturated rings. The second-order valence-corrected chi connectivity index (χ2v) is 7.24. The second-order valence-electron chi connectivity index (χ2n) is 6.84. The number of halogens is 1. The number of aromatic nitrogens is 2. The Hall–Kier alpha value is -2.05. The number of rotatable bonds is 3. The third-order valence-corrected chi connectivity index (χ3v) is 5.63. The molecule has 7 heteroatoms. The first-order chi connectivity index (χ1) is 12.7.